The quantitative estimate of drug-likeness (QED) is 0.747. The molecule has 1 aliphatic carbocycles. The summed E-state index contributed by atoms with van der Waals surface area (Å²) in [6.07, 6.45) is 3.40. The third kappa shape index (κ3) is 4.47. The Bertz CT molecular complexity index is 781. The molecule has 3 amide bonds. The van der Waals surface area contributed by atoms with Crippen LogP contribution in [0.4, 0.5) is 5.69 Å². The lowest BCUT2D eigenvalue weighted by Crippen LogP contribution is -2.41. The Hall–Kier alpha value is -3.09. The first-order chi connectivity index (χ1) is 12.0. The molecule has 0 saturated heterocycles. The van der Waals surface area contributed by atoms with Gasteiger partial charge in [-0.25, -0.2) is 0 Å². The number of benzene rings is 1. The van der Waals surface area contributed by atoms with Gasteiger partial charge < -0.3 is 20.4 Å². The van der Waals surface area contributed by atoms with Gasteiger partial charge >= 0.3 is 0 Å². The highest BCUT2D eigenvalue weighted by atomic mass is 16.3. The number of carbonyl (C=O) groups excluding carboxylic acids is 3. The smallest absolute Gasteiger partial charge is 0.287 e. The molecule has 0 aliphatic heterocycles. The second-order valence-corrected chi connectivity index (χ2v) is 5.99. The zero-order chi connectivity index (χ0) is 17.8. The van der Waals surface area contributed by atoms with Crippen LogP contribution in [-0.2, 0) is 4.79 Å². The minimum atomic E-state index is -0.762. The third-order valence-electron chi connectivity index (χ3n) is 3.79. The Morgan fingerprint density at radius 3 is 2.60 bits per heavy atom. The van der Waals surface area contributed by atoms with Gasteiger partial charge in [-0.3, -0.25) is 14.4 Å². The number of carbonyl (C=O) groups is 3. The number of nitrogens with one attached hydrogen (secondary N) is 3. The molecule has 3 N–H and O–H groups in total. The summed E-state index contributed by atoms with van der Waals surface area (Å²) < 4.78 is 4.98. The molecule has 1 atom stereocenters. The lowest BCUT2D eigenvalue weighted by molar-refractivity contribution is -0.117. The van der Waals surface area contributed by atoms with Crippen LogP contribution in [-0.4, -0.2) is 29.8 Å². The highest BCUT2D eigenvalue weighted by Crippen LogP contribution is 2.20. The van der Waals surface area contributed by atoms with Crippen LogP contribution >= 0.6 is 0 Å². The first-order valence-electron chi connectivity index (χ1n) is 8.09. The Balaban J connectivity index is 1.58. The molecule has 7 nitrogen and oxygen atoms in total. The lowest BCUT2D eigenvalue weighted by Gasteiger charge is -2.14. The standard InChI is InChI=1S/C18H19N3O4/c1-11(19-18(24)15-6-3-9-25-15)16(22)21-14-5-2-4-12(10-14)17(23)20-13-7-8-13/h2-6,9-11,13H,7-8H2,1H3,(H,19,24)(H,20,23)(H,21,22). The first-order valence-corrected chi connectivity index (χ1v) is 8.09. The zero-order valence-electron chi connectivity index (χ0n) is 13.7. The van der Waals surface area contributed by atoms with Gasteiger partial charge in [0.05, 0.1) is 6.26 Å². The molecule has 0 spiro atoms. The highest BCUT2D eigenvalue weighted by molar-refractivity contribution is 6.01. The van der Waals surface area contributed by atoms with Crippen LogP contribution in [0.15, 0.2) is 47.1 Å². The number of hydrogen-bond donors (Lipinski definition) is 3. The molecule has 3 rings (SSSR count). The van der Waals surface area contributed by atoms with Gasteiger partial charge in [-0.05, 0) is 50.1 Å². The van der Waals surface area contributed by atoms with Crippen molar-refractivity contribution in [3.05, 3.63) is 54.0 Å². The molecule has 1 aromatic heterocycles. The maximum absolute atomic E-state index is 12.2. The maximum Gasteiger partial charge on any atom is 0.287 e. The van der Waals surface area contributed by atoms with Crippen LogP contribution < -0.4 is 16.0 Å². The summed E-state index contributed by atoms with van der Waals surface area (Å²) in [6, 6.07) is 9.30. The van der Waals surface area contributed by atoms with Crippen molar-refractivity contribution >= 4 is 23.4 Å². The summed E-state index contributed by atoms with van der Waals surface area (Å²) >= 11 is 0. The van der Waals surface area contributed by atoms with Crippen LogP contribution in [0, 0.1) is 0 Å². The van der Waals surface area contributed by atoms with Crippen molar-refractivity contribution in [1.29, 1.82) is 0 Å². The van der Waals surface area contributed by atoms with Gasteiger partial charge in [0.15, 0.2) is 5.76 Å². The summed E-state index contributed by atoms with van der Waals surface area (Å²) in [7, 11) is 0. The average Bonchev–Trinajstić information content (AvgIpc) is 3.23. The fourth-order valence-electron chi connectivity index (χ4n) is 2.23. The van der Waals surface area contributed by atoms with Gasteiger partial charge in [-0.2, -0.15) is 0 Å². The van der Waals surface area contributed by atoms with Gasteiger partial charge in [0.2, 0.25) is 5.91 Å². The van der Waals surface area contributed by atoms with Crippen molar-refractivity contribution < 1.29 is 18.8 Å². The van der Waals surface area contributed by atoms with Crippen LogP contribution in [0.2, 0.25) is 0 Å². The van der Waals surface area contributed by atoms with Crippen LogP contribution in [0.1, 0.15) is 40.7 Å². The number of furan rings is 1. The molecule has 1 fully saturated rings. The molecule has 25 heavy (non-hydrogen) atoms. The summed E-state index contributed by atoms with van der Waals surface area (Å²) in [4.78, 5) is 36.2. The molecular formula is C18H19N3O4. The van der Waals surface area contributed by atoms with E-state index in [1.54, 1.807) is 37.3 Å². The molecule has 2 aromatic rings. The molecular weight excluding hydrogens is 322 g/mol. The highest BCUT2D eigenvalue weighted by Gasteiger charge is 2.24. The number of hydrogen-bond acceptors (Lipinski definition) is 4. The van der Waals surface area contributed by atoms with Gasteiger partial charge in [0.1, 0.15) is 6.04 Å². The predicted molar refractivity (Wildman–Crippen MR) is 91.2 cm³/mol. The molecule has 1 aromatic carbocycles. The number of rotatable bonds is 6. The summed E-state index contributed by atoms with van der Waals surface area (Å²) in [5, 5.41) is 8.14. The minimum Gasteiger partial charge on any atom is -0.459 e. The monoisotopic (exact) mass is 341 g/mol. The van der Waals surface area contributed by atoms with Crippen LogP contribution in [0.3, 0.4) is 0 Å². The molecule has 7 heteroatoms. The van der Waals surface area contributed by atoms with Gasteiger partial charge in [-0.1, -0.05) is 6.07 Å². The van der Waals surface area contributed by atoms with E-state index in [4.69, 9.17) is 4.42 Å². The van der Waals surface area contributed by atoms with E-state index in [-0.39, 0.29) is 23.6 Å². The molecule has 1 unspecified atom stereocenters. The second-order valence-electron chi connectivity index (χ2n) is 5.99. The van der Waals surface area contributed by atoms with Crippen molar-refractivity contribution in [2.45, 2.75) is 31.8 Å². The van der Waals surface area contributed by atoms with Crippen molar-refractivity contribution in [1.82, 2.24) is 10.6 Å². The second kappa shape index (κ2) is 7.21. The number of amides is 3. The first kappa shape index (κ1) is 16.8. The normalized spacial score (nSPS) is 14.4. The fraction of sp³-hybridized carbons (Fsp3) is 0.278. The third-order valence-corrected chi connectivity index (χ3v) is 3.79. The van der Waals surface area contributed by atoms with Gasteiger partial charge in [-0.15, -0.1) is 0 Å². The molecule has 1 saturated carbocycles. The van der Waals surface area contributed by atoms with Crippen LogP contribution in [0.25, 0.3) is 0 Å². The van der Waals surface area contributed by atoms with E-state index in [0.717, 1.165) is 12.8 Å². The summed E-state index contributed by atoms with van der Waals surface area (Å²) in [6.45, 7) is 1.57. The lowest BCUT2D eigenvalue weighted by atomic mass is 10.1. The van der Waals surface area contributed by atoms with E-state index < -0.39 is 11.9 Å². The van der Waals surface area contributed by atoms with E-state index in [1.807, 2.05) is 0 Å². The van der Waals surface area contributed by atoms with E-state index in [2.05, 4.69) is 16.0 Å². The topological polar surface area (TPSA) is 100 Å². The average molecular weight is 341 g/mol. The van der Waals surface area contributed by atoms with E-state index in [0.29, 0.717) is 11.3 Å². The maximum atomic E-state index is 12.2. The summed E-state index contributed by atoms with van der Waals surface area (Å²) in [5.41, 5.74) is 0.976. The Morgan fingerprint density at radius 1 is 1.12 bits per heavy atom. The molecule has 0 radical (unpaired) electrons. The van der Waals surface area contributed by atoms with Crippen LogP contribution in [0.5, 0.6) is 0 Å². The van der Waals surface area contributed by atoms with E-state index in [1.165, 1.54) is 12.3 Å². The van der Waals surface area contributed by atoms with Crippen molar-refractivity contribution in [2.24, 2.45) is 0 Å². The minimum absolute atomic E-state index is 0.137. The van der Waals surface area contributed by atoms with Crippen molar-refractivity contribution in [2.75, 3.05) is 5.32 Å². The van der Waals surface area contributed by atoms with Gasteiger partial charge in [0, 0.05) is 17.3 Å². The molecule has 1 aliphatic rings. The molecule has 130 valence electrons. The Labute approximate surface area is 144 Å². The zero-order valence-corrected chi connectivity index (χ0v) is 13.7. The molecule has 1 heterocycles. The Kier molecular flexibility index (Phi) is 4.83. The van der Waals surface area contributed by atoms with E-state index in [9.17, 15) is 14.4 Å². The number of anilines is 1. The Morgan fingerprint density at radius 2 is 1.92 bits per heavy atom. The van der Waals surface area contributed by atoms with Crippen molar-refractivity contribution in [3.63, 3.8) is 0 Å². The SMILES string of the molecule is CC(NC(=O)c1ccco1)C(=O)Nc1cccc(C(=O)NC2CC2)c1. The van der Waals surface area contributed by atoms with Gasteiger partial charge in [0.25, 0.3) is 11.8 Å². The van der Waals surface area contributed by atoms with E-state index >= 15 is 0 Å². The predicted octanol–water partition coefficient (Wildman–Crippen LogP) is 1.93. The molecule has 0 bridgehead atoms. The van der Waals surface area contributed by atoms with Crippen molar-refractivity contribution in [3.8, 4) is 0 Å². The largest absolute Gasteiger partial charge is 0.459 e. The fourth-order valence-corrected chi connectivity index (χ4v) is 2.23. The summed E-state index contributed by atoms with van der Waals surface area (Å²) in [5.74, 6) is -0.874.